The largest absolute Gasteiger partial charge is 0.330 e. The number of hydrogen-bond acceptors (Lipinski definition) is 3. The maximum absolute atomic E-state index is 6.20. The number of likely N-dealkylation sites (N-methyl/N-ethyl adjacent to an activating group) is 1. The Bertz CT molecular complexity index is 457. The molecule has 3 rings (SSSR count). The van der Waals surface area contributed by atoms with Crippen molar-refractivity contribution in [2.45, 2.75) is 37.6 Å². The van der Waals surface area contributed by atoms with E-state index in [9.17, 15) is 0 Å². The Balaban J connectivity index is 1.79. The smallest absolute Gasteiger partial charge is 0.0237 e. The molecule has 0 amide bonds. The van der Waals surface area contributed by atoms with Gasteiger partial charge in [0.2, 0.25) is 0 Å². The first-order valence-corrected chi connectivity index (χ1v) is 8.43. The van der Waals surface area contributed by atoms with Gasteiger partial charge in [-0.2, -0.15) is 0 Å². The number of piperazine rings is 1. The van der Waals surface area contributed by atoms with Crippen LogP contribution in [0.4, 0.5) is 0 Å². The molecule has 3 heteroatoms. The predicted molar refractivity (Wildman–Crippen MR) is 88.4 cm³/mol. The minimum atomic E-state index is 0.253. The highest BCUT2D eigenvalue weighted by atomic mass is 15.2. The molecular weight excluding hydrogens is 258 g/mol. The Morgan fingerprint density at radius 3 is 2.38 bits per heavy atom. The van der Waals surface area contributed by atoms with Gasteiger partial charge in [-0.3, -0.25) is 4.90 Å². The Kier molecular flexibility index (Phi) is 4.63. The molecule has 0 unspecified atom stereocenters. The van der Waals surface area contributed by atoms with Crippen molar-refractivity contribution in [3.05, 3.63) is 35.4 Å². The van der Waals surface area contributed by atoms with Gasteiger partial charge in [0, 0.05) is 44.7 Å². The van der Waals surface area contributed by atoms with E-state index in [1.807, 2.05) is 0 Å². The maximum Gasteiger partial charge on any atom is 0.0237 e. The molecule has 1 aliphatic carbocycles. The lowest BCUT2D eigenvalue weighted by atomic mass is 9.76. The molecule has 1 saturated carbocycles. The fourth-order valence-electron chi connectivity index (χ4n) is 4.06. The third-order valence-corrected chi connectivity index (χ3v) is 5.53. The van der Waals surface area contributed by atoms with Crippen LogP contribution in [-0.4, -0.2) is 49.6 Å². The van der Waals surface area contributed by atoms with Crippen molar-refractivity contribution in [1.29, 1.82) is 0 Å². The number of nitrogens with zero attached hydrogens (tertiary/aromatic N) is 2. The van der Waals surface area contributed by atoms with E-state index in [0.717, 1.165) is 13.1 Å². The van der Waals surface area contributed by atoms with Crippen molar-refractivity contribution in [2.24, 2.45) is 5.73 Å². The summed E-state index contributed by atoms with van der Waals surface area (Å²) in [6.45, 7) is 6.62. The lowest BCUT2D eigenvalue weighted by Gasteiger charge is -2.35. The van der Waals surface area contributed by atoms with E-state index in [4.69, 9.17) is 5.73 Å². The van der Waals surface area contributed by atoms with Crippen LogP contribution in [0.2, 0.25) is 0 Å². The molecule has 0 spiro atoms. The van der Waals surface area contributed by atoms with Crippen molar-refractivity contribution in [3.8, 4) is 0 Å². The summed E-state index contributed by atoms with van der Waals surface area (Å²) in [6.07, 6.45) is 5.20. The van der Waals surface area contributed by atoms with Crippen molar-refractivity contribution >= 4 is 0 Å². The molecule has 2 N–H and O–H groups in total. The molecule has 1 saturated heterocycles. The zero-order valence-electron chi connectivity index (χ0n) is 13.4. The zero-order chi connectivity index (χ0) is 14.7. The van der Waals surface area contributed by atoms with E-state index in [1.165, 1.54) is 63.0 Å². The van der Waals surface area contributed by atoms with Crippen molar-refractivity contribution in [3.63, 3.8) is 0 Å². The summed E-state index contributed by atoms with van der Waals surface area (Å²) in [4.78, 5) is 5.01. The molecular formula is C18H29N3. The number of benzene rings is 1. The maximum atomic E-state index is 6.20. The van der Waals surface area contributed by atoms with Gasteiger partial charge in [0.05, 0.1) is 0 Å². The van der Waals surface area contributed by atoms with Gasteiger partial charge in [-0.25, -0.2) is 0 Å². The standard InChI is InChI=1S/C18H29N3/c1-20-10-12-21(13-11-20)14-16-6-2-3-7-17(16)18(15-19)8-4-5-9-18/h2-3,6-7H,4-5,8-15,19H2,1H3. The summed E-state index contributed by atoms with van der Waals surface area (Å²) in [5, 5.41) is 0. The minimum Gasteiger partial charge on any atom is -0.330 e. The molecule has 2 fully saturated rings. The third kappa shape index (κ3) is 3.15. The second-order valence-corrected chi connectivity index (χ2v) is 6.93. The first kappa shape index (κ1) is 15.0. The van der Waals surface area contributed by atoms with E-state index in [2.05, 4.69) is 41.1 Å². The van der Waals surface area contributed by atoms with E-state index < -0.39 is 0 Å². The van der Waals surface area contributed by atoms with Crippen LogP contribution in [0, 0.1) is 0 Å². The number of rotatable bonds is 4. The van der Waals surface area contributed by atoms with Crippen LogP contribution in [0.5, 0.6) is 0 Å². The highest BCUT2D eigenvalue weighted by Gasteiger charge is 2.35. The second kappa shape index (κ2) is 6.47. The summed E-state index contributed by atoms with van der Waals surface area (Å²) in [6, 6.07) is 9.04. The quantitative estimate of drug-likeness (QED) is 0.921. The van der Waals surface area contributed by atoms with Crippen LogP contribution in [0.3, 0.4) is 0 Å². The van der Waals surface area contributed by atoms with Gasteiger partial charge in [0.25, 0.3) is 0 Å². The second-order valence-electron chi connectivity index (χ2n) is 6.93. The van der Waals surface area contributed by atoms with Gasteiger partial charge in [0.1, 0.15) is 0 Å². The van der Waals surface area contributed by atoms with E-state index in [0.29, 0.717) is 0 Å². The zero-order valence-corrected chi connectivity index (χ0v) is 13.4. The van der Waals surface area contributed by atoms with Crippen LogP contribution < -0.4 is 5.73 Å². The first-order valence-electron chi connectivity index (χ1n) is 8.43. The summed E-state index contributed by atoms with van der Waals surface area (Å²) in [7, 11) is 2.22. The molecule has 1 aromatic carbocycles. The SMILES string of the molecule is CN1CCN(Cc2ccccc2C2(CN)CCCC2)CC1. The Morgan fingerprint density at radius 1 is 1.05 bits per heavy atom. The van der Waals surface area contributed by atoms with E-state index in [-0.39, 0.29) is 5.41 Å². The molecule has 0 atom stereocenters. The normalized spacial score (nSPS) is 23.5. The predicted octanol–water partition coefficient (Wildman–Crippen LogP) is 2.20. The Hall–Kier alpha value is -0.900. The number of nitrogens with two attached hydrogens (primary N) is 1. The van der Waals surface area contributed by atoms with Crippen LogP contribution >= 0.6 is 0 Å². The average Bonchev–Trinajstić information content (AvgIpc) is 3.00. The van der Waals surface area contributed by atoms with E-state index >= 15 is 0 Å². The summed E-state index contributed by atoms with van der Waals surface area (Å²) < 4.78 is 0. The lowest BCUT2D eigenvalue weighted by Crippen LogP contribution is -2.44. The average molecular weight is 287 g/mol. The third-order valence-electron chi connectivity index (χ3n) is 5.53. The molecule has 0 radical (unpaired) electrons. The topological polar surface area (TPSA) is 32.5 Å². The van der Waals surface area contributed by atoms with Crippen molar-refractivity contribution in [1.82, 2.24) is 9.80 Å². The van der Waals surface area contributed by atoms with Crippen molar-refractivity contribution in [2.75, 3.05) is 39.8 Å². The van der Waals surface area contributed by atoms with Gasteiger partial charge < -0.3 is 10.6 Å². The molecule has 1 heterocycles. The first-order chi connectivity index (χ1) is 10.2. The molecule has 21 heavy (non-hydrogen) atoms. The van der Waals surface area contributed by atoms with E-state index in [1.54, 1.807) is 0 Å². The Labute approximate surface area is 129 Å². The summed E-state index contributed by atoms with van der Waals surface area (Å²) >= 11 is 0. The molecule has 1 aromatic rings. The highest BCUT2D eigenvalue weighted by molar-refractivity contribution is 5.36. The van der Waals surface area contributed by atoms with Crippen LogP contribution in [0.1, 0.15) is 36.8 Å². The Morgan fingerprint density at radius 2 is 1.71 bits per heavy atom. The highest BCUT2D eigenvalue weighted by Crippen LogP contribution is 2.41. The van der Waals surface area contributed by atoms with Gasteiger partial charge in [-0.15, -0.1) is 0 Å². The van der Waals surface area contributed by atoms with Crippen molar-refractivity contribution < 1.29 is 0 Å². The summed E-state index contributed by atoms with van der Waals surface area (Å²) in [5.74, 6) is 0. The van der Waals surface area contributed by atoms with Gasteiger partial charge in [-0.1, -0.05) is 37.1 Å². The molecule has 116 valence electrons. The minimum absolute atomic E-state index is 0.253. The van der Waals surface area contributed by atoms with Crippen LogP contribution in [0.15, 0.2) is 24.3 Å². The van der Waals surface area contributed by atoms with Gasteiger partial charge >= 0.3 is 0 Å². The van der Waals surface area contributed by atoms with Crippen LogP contribution in [0.25, 0.3) is 0 Å². The van der Waals surface area contributed by atoms with Crippen LogP contribution in [-0.2, 0) is 12.0 Å². The molecule has 0 aromatic heterocycles. The molecule has 2 aliphatic rings. The van der Waals surface area contributed by atoms with Gasteiger partial charge in [0.15, 0.2) is 0 Å². The molecule has 1 aliphatic heterocycles. The molecule has 0 bridgehead atoms. The fraction of sp³-hybridized carbons (Fsp3) is 0.667. The fourth-order valence-corrected chi connectivity index (χ4v) is 4.06. The lowest BCUT2D eigenvalue weighted by molar-refractivity contribution is 0.147. The van der Waals surface area contributed by atoms with Gasteiger partial charge in [-0.05, 0) is 31.0 Å². The number of hydrogen-bond donors (Lipinski definition) is 1. The summed E-state index contributed by atoms with van der Waals surface area (Å²) in [5.41, 5.74) is 9.49. The monoisotopic (exact) mass is 287 g/mol. The molecule has 3 nitrogen and oxygen atoms in total.